The number of hydrogen-bond donors (Lipinski definition) is 1. The maximum Gasteiger partial charge on any atom is 0.0465 e. The number of nitrogens with zero attached hydrogens (tertiary/aromatic N) is 1. The van der Waals surface area contributed by atoms with Crippen molar-refractivity contribution in [1.29, 1.82) is 0 Å². The highest BCUT2D eigenvalue weighted by molar-refractivity contribution is 5.22. The van der Waals surface area contributed by atoms with Gasteiger partial charge in [0.05, 0.1) is 0 Å². The molecule has 1 aliphatic carbocycles. The van der Waals surface area contributed by atoms with Crippen molar-refractivity contribution in [2.24, 2.45) is 5.92 Å². The lowest BCUT2D eigenvalue weighted by atomic mass is 10.1. The second-order valence-corrected chi connectivity index (χ2v) is 3.07. The molecule has 11 heavy (non-hydrogen) atoms. The van der Waals surface area contributed by atoms with Crippen molar-refractivity contribution in [1.82, 2.24) is 4.98 Å². The fraction of sp³-hybridized carbons (Fsp3) is 0.444. The van der Waals surface area contributed by atoms with Gasteiger partial charge < -0.3 is 5.11 Å². The van der Waals surface area contributed by atoms with Crippen LogP contribution in [0.1, 0.15) is 17.9 Å². The number of rotatable bonds is 2. The Morgan fingerprint density at radius 3 is 2.73 bits per heavy atom. The Balaban J connectivity index is 2.09. The van der Waals surface area contributed by atoms with Gasteiger partial charge in [-0.3, -0.25) is 4.98 Å². The minimum Gasteiger partial charge on any atom is -0.396 e. The third-order valence-corrected chi connectivity index (χ3v) is 2.29. The summed E-state index contributed by atoms with van der Waals surface area (Å²) >= 11 is 0. The average Bonchev–Trinajstić information content (AvgIpc) is 2.85. The third-order valence-electron chi connectivity index (χ3n) is 2.29. The van der Waals surface area contributed by atoms with Crippen molar-refractivity contribution in [3.63, 3.8) is 0 Å². The van der Waals surface area contributed by atoms with E-state index in [2.05, 4.69) is 4.98 Å². The number of aliphatic hydroxyl groups is 1. The van der Waals surface area contributed by atoms with E-state index in [9.17, 15) is 0 Å². The summed E-state index contributed by atoms with van der Waals surface area (Å²) < 4.78 is 0. The number of aliphatic hydroxyl groups excluding tert-OH is 1. The molecule has 2 heteroatoms. The van der Waals surface area contributed by atoms with Gasteiger partial charge in [-0.25, -0.2) is 0 Å². The first-order valence-corrected chi connectivity index (χ1v) is 3.92. The van der Waals surface area contributed by atoms with E-state index in [1.807, 2.05) is 24.5 Å². The fourth-order valence-electron chi connectivity index (χ4n) is 1.47. The van der Waals surface area contributed by atoms with Crippen LogP contribution in [0.25, 0.3) is 0 Å². The van der Waals surface area contributed by atoms with Gasteiger partial charge in [-0.15, -0.1) is 0 Å². The largest absolute Gasteiger partial charge is 0.396 e. The molecule has 1 aromatic rings. The van der Waals surface area contributed by atoms with E-state index >= 15 is 0 Å². The van der Waals surface area contributed by atoms with Crippen LogP contribution < -0.4 is 0 Å². The molecule has 1 saturated carbocycles. The molecule has 0 radical (unpaired) electrons. The highest BCUT2D eigenvalue weighted by atomic mass is 16.3. The van der Waals surface area contributed by atoms with Gasteiger partial charge in [0.25, 0.3) is 0 Å². The zero-order valence-electron chi connectivity index (χ0n) is 6.27. The van der Waals surface area contributed by atoms with Crippen LogP contribution in [0.5, 0.6) is 0 Å². The summed E-state index contributed by atoms with van der Waals surface area (Å²) in [5.41, 5.74) is 1.32. The molecule has 0 spiro atoms. The van der Waals surface area contributed by atoms with Crippen LogP contribution in [0.4, 0.5) is 0 Å². The zero-order valence-corrected chi connectivity index (χ0v) is 6.27. The van der Waals surface area contributed by atoms with Crippen molar-refractivity contribution in [2.75, 3.05) is 6.61 Å². The number of hydrogen-bond acceptors (Lipinski definition) is 2. The summed E-state index contributed by atoms with van der Waals surface area (Å²) in [6.07, 6.45) is 4.75. The van der Waals surface area contributed by atoms with Crippen molar-refractivity contribution >= 4 is 0 Å². The Labute approximate surface area is 65.9 Å². The van der Waals surface area contributed by atoms with Crippen molar-refractivity contribution < 1.29 is 5.11 Å². The number of pyridine rings is 1. The molecule has 0 bridgehead atoms. The van der Waals surface area contributed by atoms with E-state index in [0.717, 1.165) is 6.42 Å². The first kappa shape index (κ1) is 6.80. The quantitative estimate of drug-likeness (QED) is 0.684. The molecule has 2 rings (SSSR count). The molecule has 2 nitrogen and oxygen atoms in total. The van der Waals surface area contributed by atoms with Crippen molar-refractivity contribution in [3.8, 4) is 0 Å². The van der Waals surface area contributed by atoms with Crippen LogP contribution >= 0.6 is 0 Å². The van der Waals surface area contributed by atoms with Gasteiger partial charge in [-0.2, -0.15) is 0 Å². The van der Waals surface area contributed by atoms with E-state index in [4.69, 9.17) is 5.11 Å². The molecule has 1 aliphatic rings. The minimum absolute atomic E-state index is 0.326. The molecule has 1 aromatic heterocycles. The smallest absolute Gasteiger partial charge is 0.0465 e. The van der Waals surface area contributed by atoms with Gasteiger partial charge in [-0.1, -0.05) is 0 Å². The molecule has 0 aromatic carbocycles. The Morgan fingerprint density at radius 1 is 1.45 bits per heavy atom. The first-order valence-electron chi connectivity index (χ1n) is 3.92. The van der Waals surface area contributed by atoms with Gasteiger partial charge in [0.15, 0.2) is 0 Å². The van der Waals surface area contributed by atoms with E-state index in [1.54, 1.807) is 0 Å². The molecule has 1 N–H and O–H groups in total. The second-order valence-electron chi connectivity index (χ2n) is 3.07. The predicted octanol–water partition coefficient (Wildman–Crippen LogP) is 1.18. The molecule has 0 amide bonds. The summed E-state index contributed by atoms with van der Waals surface area (Å²) in [6.45, 7) is 0.326. The van der Waals surface area contributed by atoms with Crippen LogP contribution in [0.2, 0.25) is 0 Å². The number of aromatic nitrogens is 1. The summed E-state index contributed by atoms with van der Waals surface area (Å²) in [6, 6.07) is 4.06. The van der Waals surface area contributed by atoms with Crippen molar-refractivity contribution in [3.05, 3.63) is 30.1 Å². The first-order chi connectivity index (χ1) is 5.42. The van der Waals surface area contributed by atoms with Crippen LogP contribution in [0, 0.1) is 5.92 Å². The SMILES string of the molecule is OC[C@H]1C[C@H]1c1ccncc1. The third kappa shape index (κ3) is 1.26. The lowest BCUT2D eigenvalue weighted by Crippen LogP contribution is -1.88. The lowest BCUT2D eigenvalue weighted by molar-refractivity contribution is 0.274. The fourth-order valence-corrected chi connectivity index (χ4v) is 1.47. The Hall–Kier alpha value is -0.890. The Kier molecular flexibility index (Phi) is 1.62. The molecule has 58 valence electrons. The molecule has 0 aliphatic heterocycles. The highest BCUT2D eigenvalue weighted by Crippen LogP contribution is 2.46. The summed E-state index contributed by atoms with van der Waals surface area (Å²) in [4.78, 5) is 3.94. The predicted molar refractivity (Wildman–Crippen MR) is 42.2 cm³/mol. The molecule has 1 fully saturated rings. The van der Waals surface area contributed by atoms with Crippen LogP contribution in [0.15, 0.2) is 24.5 Å². The standard InChI is InChI=1S/C9H11NO/c11-6-8-5-9(8)7-1-3-10-4-2-7/h1-4,8-9,11H,5-6H2/t8-,9+/m1/s1. The monoisotopic (exact) mass is 149 g/mol. The Bertz CT molecular complexity index is 235. The average molecular weight is 149 g/mol. The van der Waals surface area contributed by atoms with E-state index in [-0.39, 0.29) is 0 Å². The maximum atomic E-state index is 8.82. The van der Waals surface area contributed by atoms with Gasteiger partial charge in [0, 0.05) is 19.0 Å². The molecular weight excluding hydrogens is 138 g/mol. The maximum absolute atomic E-state index is 8.82. The topological polar surface area (TPSA) is 33.1 Å². The van der Waals surface area contributed by atoms with Crippen LogP contribution in [0.3, 0.4) is 0 Å². The van der Waals surface area contributed by atoms with Gasteiger partial charge in [-0.05, 0) is 36.0 Å². The minimum atomic E-state index is 0.326. The molecule has 0 saturated heterocycles. The van der Waals surface area contributed by atoms with E-state index < -0.39 is 0 Å². The van der Waals surface area contributed by atoms with Gasteiger partial charge in [0.1, 0.15) is 0 Å². The molecule has 2 atom stereocenters. The lowest BCUT2D eigenvalue weighted by Gasteiger charge is -1.95. The van der Waals surface area contributed by atoms with Crippen molar-refractivity contribution in [2.45, 2.75) is 12.3 Å². The molecular formula is C9H11NO. The summed E-state index contributed by atoms with van der Waals surface area (Å²) in [7, 11) is 0. The normalized spacial score (nSPS) is 28.5. The van der Waals surface area contributed by atoms with E-state index in [0.29, 0.717) is 18.4 Å². The Morgan fingerprint density at radius 2 is 2.18 bits per heavy atom. The second kappa shape index (κ2) is 2.62. The molecule has 1 heterocycles. The summed E-state index contributed by atoms with van der Waals surface area (Å²) in [5, 5.41) is 8.82. The van der Waals surface area contributed by atoms with Gasteiger partial charge >= 0.3 is 0 Å². The summed E-state index contributed by atoms with van der Waals surface area (Å²) in [5.74, 6) is 1.11. The highest BCUT2D eigenvalue weighted by Gasteiger charge is 2.37. The zero-order chi connectivity index (χ0) is 7.68. The van der Waals surface area contributed by atoms with Crippen LogP contribution in [-0.4, -0.2) is 16.7 Å². The van der Waals surface area contributed by atoms with E-state index in [1.165, 1.54) is 5.56 Å². The van der Waals surface area contributed by atoms with Crippen LogP contribution in [-0.2, 0) is 0 Å². The molecule has 0 unspecified atom stereocenters. The van der Waals surface area contributed by atoms with Gasteiger partial charge in [0.2, 0.25) is 0 Å².